The van der Waals surface area contributed by atoms with Gasteiger partial charge in [-0.05, 0) is 81.1 Å². The lowest BCUT2D eigenvalue weighted by Gasteiger charge is -2.22. The van der Waals surface area contributed by atoms with Crippen LogP contribution in [-0.4, -0.2) is 22.6 Å². The molecule has 1 unspecified atom stereocenters. The minimum atomic E-state index is 0.760. The molecule has 4 heteroatoms. The highest BCUT2D eigenvalue weighted by atomic mass is 35.5. The first-order chi connectivity index (χ1) is 12.3. The molecule has 1 aliphatic rings. The predicted molar refractivity (Wildman–Crippen MR) is 105 cm³/mol. The summed E-state index contributed by atoms with van der Waals surface area (Å²) in [6, 6.07) is 16.4. The number of fused-ring (bicyclic) bond motifs is 1. The Morgan fingerprint density at radius 3 is 2.76 bits per heavy atom. The Labute approximate surface area is 154 Å². The average molecular weight is 354 g/mol. The van der Waals surface area contributed by atoms with Gasteiger partial charge in [-0.1, -0.05) is 23.7 Å². The predicted octanol–water partition coefficient (Wildman–Crippen LogP) is 5.14. The first-order valence-corrected chi connectivity index (χ1v) is 9.61. The topological polar surface area (TPSA) is 29.9 Å². The van der Waals surface area contributed by atoms with Gasteiger partial charge >= 0.3 is 0 Å². The molecule has 0 saturated carbocycles. The molecule has 1 N–H and O–H groups in total. The van der Waals surface area contributed by atoms with Crippen LogP contribution in [0.3, 0.4) is 0 Å². The fourth-order valence-electron chi connectivity index (χ4n) is 3.83. The van der Waals surface area contributed by atoms with Crippen LogP contribution in [0.1, 0.15) is 25.7 Å². The molecule has 1 aliphatic heterocycles. The summed E-state index contributed by atoms with van der Waals surface area (Å²) in [6.07, 6.45) is 5.14. The molecule has 3 nitrogen and oxygen atoms in total. The van der Waals surface area contributed by atoms with E-state index in [1.807, 2.05) is 12.1 Å². The normalized spacial score (nSPS) is 17.9. The quantitative estimate of drug-likeness (QED) is 0.688. The maximum Gasteiger partial charge on any atom is 0.141 e. The third-order valence-corrected chi connectivity index (χ3v) is 5.40. The number of aryl methyl sites for hydroxylation is 1. The van der Waals surface area contributed by atoms with Crippen molar-refractivity contribution in [2.75, 3.05) is 13.1 Å². The van der Waals surface area contributed by atoms with E-state index in [4.69, 9.17) is 16.6 Å². The molecule has 0 radical (unpaired) electrons. The number of benzene rings is 2. The lowest BCUT2D eigenvalue weighted by molar-refractivity contribution is 0.344. The fourth-order valence-corrected chi connectivity index (χ4v) is 3.96. The lowest BCUT2D eigenvalue weighted by atomic mass is 9.95. The minimum Gasteiger partial charge on any atom is -0.324 e. The molecule has 25 heavy (non-hydrogen) atoms. The Kier molecular flexibility index (Phi) is 5.04. The molecule has 0 bridgehead atoms. The highest BCUT2D eigenvalue weighted by Gasteiger charge is 2.15. The number of halogens is 1. The Hall–Kier alpha value is -1.84. The van der Waals surface area contributed by atoms with Crippen molar-refractivity contribution in [3.8, 4) is 11.4 Å². The SMILES string of the molecule is Clc1ccc(-c2nc3ccccc3n2CCCC2CCCNC2)cc1. The highest BCUT2D eigenvalue weighted by molar-refractivity contribution is 6.30. The maximum absolute atomic E-state index is 6.05. The summed E-state index contributed by atoms with van der Waals surface area (Å²) in [7, 11) is 0. The Morgan fingerprint density at radius 2 is 1.96 bits per heavy atom. The molecule has 0 amide bonds. The first kappa shape index (κ1) is 16.6. The van der Waals surface area contributed by atoms with Gasteiger partial charge in [-0.15, -0.1) is 0 Å². The molecular weight excluding hydrogens is 330 g/mol. The van der Waals surface area contributed by atoms with Gasteiger partial charge in [0.1, 0.15) is 5.82 Å². The van der Waals surface area contributed by atoms with Crippen LogP contribution in [0, 0.1) is 5.92 Å². The van der Waals surface area contributed by atoms with Crippen LogP contribution in [0.5, 0.6) is 0 Å². The minimum absolute atomic E-state index is 0.760. The van der Waals surface area contributed by atoms with Gasteiger partial charge in [0.05, 0.1) is 11.0 Å². The van der Waals surface area contributed by atoms with E-state index in [1.165, 1.54) is 44.3 Å². The summed E-state index contributed by atoms with van der Waals surface area (Å²) >= 11 is 6.05. The van der Waals surface area contributed by atoms with E-state index in [0.717, 1.165) is 34.4 Å². The van der Waals surface area contributed by atoms with Crippen LogP contribution >= 0.6 is 11.6 Å². The Morgan fingerprint density at radius 1 is 1.12 bits per heavy atom. The van der Waals surface area contributed by atoms with Gasteiger partial charge in [-0.2, -0.15) is 0 Å². The van der Waals surface area contributed by atoms with Crippen molar-refractivity contribution in [1.82, 2.24) is 14.9 Å². The Balaban J connectivity index is 1.59. The molecule has 1 saturated heterocycles. The molecule has 0 aliphatic carbocycles. The number of rotatable bonds is 5. The van der Waals surface area contributed by atoms with Crippen molar-refractivity contribution >= 4 is 22.6 Å². The second kappa shape index (κ2) is 7.59. The summed E-state index contributed by atoms with van der Waals surface area (Å²) < 4.78 is 2.37. The number of piperidine rings is 1. The standard InChI is InChI=1S/C21H24ClN3/c22-18-11-9-17(10-12-18)21-24-19-7-1-2-8-20(19)25(21)14-4-6-16-5-3-13-23-15-16/h1-2,7-12,16,23H,3-6,13-15H2. The number of hydrogen-bond donors (Lipinski definition) is 1. The first-order valence-electron chi connectivity index (χ1n) is 9.23. The van der Waals surface area contributed by atoms with Crippen molar-refractivity contribution in [2.24, 2.45) is 5.92 Å². The van der Waals surface area contributed by atoms with Gasteiger partial charge in [0.15, 0.2) is 0 Å². The van der Waals surface area contributed by atoms with E-state index in [0.29, 0.717) is 0 Å². The third kappa shape index (κ3) is 3.73. The van der Waals surface area contributed by atoms with Gasteiger partial charge in [0, 0.05) is 17.1 Å². The summed E-state index contributed by atoms with van der Waals surface area (Å²) in [6.45, 7) is 3.37. The van der Waals surface area contributed by atoms with Crippen LogP contribution in [0.2, 0.25) is 5.02 Å². The van der Waals surface area contributed by atoms with Crippen LogP contribution in [0.25, 0.3) is 22.4 Å². The van der Waals surface area contributed by atoms with Crippen LogP contribution in [-0.2, 0) is 6.54 Å². The summed E-state index contributed by atoms with van der Waals surface area (Å²) in [4.78, 5) is 4.89. The monoisotopic (exact) mass is 353 g/mol. The van der Waals surface area contributed by atoms with Crippen molar-refractivity contribution in [2.45, 2.75) is 32.2 Å². The molecule has 2 aromatic carbocycles. The van der Waals surface area contributed by atoms with Crippen molar-refractivity contribution in [3.05, 3.63) is 53.6 Å². The molecular formula is C21H24ClN3. The number of imidazole rings is 1. The summed E-state index contributed by atoms with van der Waals surface area (Å²) in [5.74, 6) is 1.86. The zero-order valence-electron chi connectivity index (χ0n) is 14.4. The molecule has 2 heterocycles. The van der Waals surface area contributed by atoms with E-state index < -0.39 is 0 Å². The van der Waals surface area contributed by atoms with E-state index in [1.54, 1.807) is 0 Å². The summed E-state index contributed by atoms with van der Waals surface area (Å²) in [5.41, 5.74) is 3.40. The second-order valence-corrected chi connectivity index (χ2v) is 7.37. The molecule has 1 aromatic heterocycles. The summed E-state index contributed by atoms with van der Waals surface area (Å²) in [5, 5.41) is 4.28. The number of nitrogens with zero attached hydrogens (tertiary/aromatic N) is 2. The van der Waals surface area contributed by atoms with Crippen LogP contribution in [0.4, 0.5) is 0 Å². The zero-order valence-corrected chi connectivity index (χ0v) is 15.2. The number of aromatic nitrogens is 2. The molecule has 4 rings (SSSR count). The molecule has 0 spiro atoms. The number of nitrogens with one attached hydrogen (secondary N) is 1. The van der Waals surface area contributed by atoms with E-state index in [9.17, 15) is 0 Å². The van der Waals surface area contributed by atoms with Gasteiger partial charge in [0.25, 0.3) is 0 Å². The van der Waals surface area contributed by atoms with Gasteiger partial charge in [-0.25, -0.2) is 4.98 Å². The van der Waals surface area contributed by atoms with E-state index >= 15 is 0 Å². The molecule has 3 aromatic rings. The Bertz CT molecular complexity index is 832. The maximum atomic E-state index is 6.05. The molecule has 130 valence electrons. The zero-order chi connectivity index (χ0) is 17.1. The van der Waals surface area contributed by atoms with Crippen LogP contribution < -0.4 is 5.32 Å². The van der Waals surface area contributed by atoms with Gasteiger partial charge < -0.3 is 9.88 Å². The smallest absolute Gasteiger partial charge is 0.141 e. The van der Waals surface area contributed by atoms with E-state index in [-0.39, 0.29) is 0 Å². The number of para-hydroxylation sites is 2. The van der Waals surface area contributed by atoms with Crippen molar-refractivity contribution < 1.29 is 0 Å². The van der Waals surface area contributed by atoms with Crippen molar-refractivity contribution in [3.63, 3.8) is 0 Å². The van der Waals surface area contributed by atoms with Gasteiger partial charge in [0.2, 0.25) is 0 Å². The lowest BCUT2D eigenvalue weighted by Crippen LogP contribution is -2.29. The molecule has 1 fully saturated rings. The third-order valence-electron chi connectivity index (χ3n) is 5.15. The second-order valence-electron chi connectivity index (χ2n) is 6.94. The van der Waals surface area contributed by atoms with Gasteiger partial charge in [-0.3, -0.25) is 0 Å². The van der Waals surface area contributed by atoms with Crippen molar-refractivity contribution in [1.29, 1.82) is 0 Å². The highest BCUT2D eigenvalue weighted by Crippen LogP contribution is 2.27. The average Bonchev–Trinajstić information content (AvgIpc) is 3.02. The fraction of sp³-hybridized carbons (Fsp3) is 0.381. The number of hydrogen-bond acceptors (Lipinski definition) is 2. The van der Waals surface area contributed by atoms with Crippen LogP contribution in [0.15, 0.2) is 48.5 Å². The molecule has 1 atom stereocenters. The van der Waals surface area contributed by atoms with E-state index in [2.05, 4.69) is 46.3 Å². The largest absolute Gasteiger partial charge is 0.324 e.